The fourth-order valence-corrected chi connectivity index (χ4v) is 0.921. The van der Waals surface area contributed by atoms with Crippen molar-refractivity contribution in [3.8, 4) is 0 Å². The Morgan fingerprint density at radius 2 is 2.17 bits per heavy atom. The monoisotopic (exact) mass is 160 g/mol. The van der Waals surface area contributed by atoms with E-state index in [-0.39, 0.29) is 5.97 Å². The number of benzene rings is 1. The van der Waals surface area contributed by atoms with Gasteiger partial charge in [0.05, 0.1) is 12.7 Å². The van der Waals surface area contributed by atoms with Gasteiger partial charge >= 0.3 is 5.97 Å². The number of aryl methyl sites for hydroxylation is 1. The molecule has 0 aliphatic rings. The zero-order valence-electron chi connectivity index (χ0n) is 7.13. The first-order valence-corrected chi connectivity index (χ1v) is 3.59. The summed E-state index contributed by atoms with van der Waals surface area (Å²) in [6, 6.07) is 5.05. The first-order valence-electron chi connectivity index (χ1n) is 3.59. The van der Waals surface area contributed by atoms with Gasteiger partial charge in [0.25, 0.3) is 0 Å². The summed E-state index contributed by atoms with van der Waals surface area (Å²) >= 11 is 0. The lowest BCUT2D eigenvalue weighted by Crippen LogP contribution is -2.10. The molecule has 0 spiro atoms. The lowest BCUT2D eigenvalue weighted by atomic mass is 9.90. The highest BCUT2D eigenvalue weighted by Gasteiger charge is 2.04. The van der Waals surface area contributed by atoms with E-state index in [1.54, 1.807) is 18.2 Å². The molecule has 0 aromatic heterocycles. The summed E-state index contributed by atoms with van der Waals surface area (Å²) in [6.45, 7) is 1.85. The van der Waals surface area contributed by atoms with Crippen molar-refractivity contribution in [1.82, 2.24) is 0 Å². The fourth-order valence-electron chi connectivity index (χ4n) is 0.921. The molecule has 0 saturated carbocycles. The van der Waals surface area contributed by atoms with Crippen molar-refractivity contribution in [2.24, 2.45) is 0 Å². The van der Waals surface area contributed by atoms with Crippen LogP contribution in [0.1, 0.15) is 15.9 Å². The average molecular weight is 160 g/mol. The van der Waals surface area contributed by atoms with Crippen LogP contribution in [0.4, 0.5) is 0 Å². The van der Waals surface area contributed by atoms with Gasteiger partial charge in [-0.25, -0.2) is 4.79 Å². The first kappa shape index (κ1) is 8.85. The molecular weight excluding hydrogens is 151 g/mol. The van der Waals surface area contributed by atoms with E-state index in [0.717, 1.165) is 5.56 Å². The Morgan fingerprint density at radius 1 is 1.50 bits per heavy atom. The van der Waals surface area contributed by atoms with Crippen molar-refractivity contribution in [1.29, 1.82) is 0 Å². The molecule has 0 bridgehead atoms. The van der Waals surface area contributed by atoms with Crippen LogP contribution in [0.25, 0.3) is 0 Å². The molecule has 0 N–H and O–H groups in total. The standard InChI is InChI=1S/C9H9BO2/c1-6-5-7(9(11)12-2)3-4-8(6)10/h3-5H,1-2H3. The van der Waals surface area contributed by atoms with Crippen LogP contribution in [0, 0.1) is 6.92 Å². The molecule has 0 heterocycles. The van der Waals surface area contributed by atoms with Crippen LogP contribution in [0.15, 0.2) is 18.2 Å². The van der Waals surface area contributed by atoms with Crippen LogP contribution in [0.2, 0.25) is 0 Å². The number of rotatable bonds is 1. The van der Waals surface area contributed by atoms with Gasteiger partial charge in [-0.1, -0.05) is 17.1 Å². The fraction of sp³-hybridized carbons (Fsp3) is 0.222. The molecule has 0 saturated heterocycles. The van der Waals surface area contributed by atoms with Crippen molar-refractivity contribution in [2.75, 3.05) is 7.11 Å². The third-order valence-corrected chi connectivity index (χ3v) is 1.69. The summed E-state index contributed by atoms with van der Waals surface area (Å²) < 4.78 is 4.55. The predicted octanol–water partition coefficient (Wildman–Crippen LogP) is 0.575. The Labute approximate surface area is 73.0 Å². The Morgan fingerprint density at radius 3 is 2.67 bits per heavy atom. The van der Waals surface area contributed by atoms with Crippen molar-refractivity contribution in [3.05, 3.63) is 29.3 Å². The molecular formula is C9H9BO2. The number of carbonyl (C=O) groups is 1. The first-order chi connectivity index (χ1) is 5.65. The Kier molecular flexibility index (Phi) is 2.53. The third-order valence-electron chi connectivity index (χ3n) is 1.69. The largest absolute Gasteiger partial charge is 0.465 e. The van der Waals surface area contributed by atoms with E-state index < -0.39 is 0 Å². The third kappa shape index (κ3) is 1.67. The van der Waals surface area contributed by atoms with Gasteiger partial charge < -0.3 is 4.74 Å². The van der Waals surface area contributed by atoms with Gasteiger partial charge in [-0.3, -0.25) is 0 Å². The van der Waals surface area contributed by atoms with Crippen LogP contribution in [-0.4, -0.2) is 20.9 Å². The van der Waals surface area contributed by atoms with Crippen LogP contribution >= 0.6 is 0 Å². The molecule has 2 nitrogen and oxygen atoms in total. The molecule has 1 aromatic carbocycles. The molecule has 0 amide bonds. The molecule has 1 rings (SSSR count). The van der Waals surface area contributed by atoms with Crippen molar-refractivity contribution >= 4 is 19.3 Å². The maximum atomic E-state index is 11.0. The van der Waals surface area contributed by atoms with E-state index in [1.807, 2.05) is 6.92 Å². The van der Waals surface area contributed by atoms with Crippen LogP contribution in [-0.2, 0) is 4.74 Å². The summed E-state index contributed by atoms with van der Waals surface area (Å²) in [5.74, 6) is -0.335. The van der Waals surface area contributed by atoms with E-state index in [4.69, 9.17) is 7.85 Å². The van der Waals surface area contributed by atoms with E-state index in [1.165, 1.54) is 7.11 Å². The lowest BCUT2D eigenvalue weighted by Gasteiger charge is -2.02. The van der Waals surface area contributed by atoms with Crippen molar-refractivity contribution in [2.45, 2.75) is 6.92 Å². The van der Waals surface area contributed by atoms with Gasteiger partial charge in [-0.15, -0.1) is 0 Å². The SMILES string of the molecule is [B]c1ccc(C(=O)OC)cc1C. The molecule has 2 radical (unpaired) electrons. The van der Waals surface area contributed by atoms with Crippen molar-refractivity contribution < 1.29 is 9.53 Å². The Balaban J connectivity index is 3.05. The highest BCUT2D eigenvalue weighted by molar-refractivity contribution is 6.33. The van der Waals surface area contributed by atoms with Crippen LogP contribution in [0.5, 0.6) is 0 Å². The summed E-state index contributed by atoms with van der Waals surface area (Å²) in [5.41, 5.74) is 2.10. The molecule has 3 heteroatoms. The predicted molar refractivity (Wildman–Crippen MR) is 47.9 cm³/mol. The van der Waals surface area contributed by atoms with Crippen LogP contribution < -0.4 is 5.46 Å². The van der Waals surface area contributed by atoms with Gasteiger partial charge in [0.15, 0.2) is 0 Å². The van der Waals surface area contributed by atoms with Gasteiger partial charge in [0.1, 0.15) is 7.85 Å². The minimum atomic E-state index is -0.335. The second-order valence-electron chi connectivity index (χ2n) is 2.56. The molecule has 0 unspecified atom stereocenters. The minimum Gasteiger partial charge on any atom is -0.465 e. The highest BCUT2D eigenvalue weighted by Crippen LogP contribution is 2.02. The maximum Gasteiger partial charge on any atom is 0.337 e. The number of esters is 1. The van der Waals surface area contributed by atoms with Gasteiger partial charge in [-0.05, 0) is 19.1 Å². The van der Waals surface area contributed by atoms with Gasteiger partial charge in [-0.2, -0.15) is 0 Å². The number of carbonyl (C=O) groups excluding carboxylic acids is 1. The van der Waals surface area contributed by atoms with E-state index >= 15 is 0 Å². The highest BCUT2D eigenvalue weighted by atomic mass is 16.5. The molecule has 0 atom stereocenters. The Bertz CT molecular complexity index is 307. The molecule has 1 aromatic rings. The molecule has 0 aliphatic heterocycles. The second kappa shape index (κ2) is 3.43. The molecule has 0 aliphatic carbocycles. The van der Waals surface area contributed by atoms with Crippen LogP contribution in [0.3, 0.4) is 0 Å². The molecule has 12 heavy (non-hydrogen) atoms. The minimum absolute atomic E-state index is 0.335. The number of hydrogen-bond acceptors (Lipinski definition) is 2. The second-order valence-corrected chi connectivity index (χ2v) is 2.56. The normalized spacial score (nSPS) is 9.50. The summed E-state index contributed by atoms with van der Waals surface area (Å²) in [7, 11) is 6.93. The Hall–Kier alpha value is -1.25. The van der Waals surface area contributed by atoms with Gasteiger partial charge in [0, 0.05) is 0 Å². The topological polar surface area (TPSA) is 26.3 Å². The quantitative estimate of drug-likeness (QED) is 0.443. The smallest absolute Gasteiger partial charge is 0.337 e. The summed E-state index contributed by atoms with van der Waals surface area (Å²) in [4.78, 5) is 11.0. The summed E-state index contributed by atoms with van der Waals surface area (Å²) in [6.07, 6.45) is 0. The lowest BCUT2D eigenvalue weighted by molar-refractivity contribution is 0.0600. The zero-order valence-corrected chi connectivity index (χ0v) is 7.13. The summed E-state index contributed by atoms with van der Waals surface area (Å²) in [5, 5.41) is 0. The van der Waals surface area contributed by atoms with Crippen molar-refractivity contribution in [3.63, 3.8) is 0 Å². The number of ether oxygens (including phenoxy) is 1. The number of hydrogen-bond donors (Lipinski definition) is 0. The average Bonchev–Trinajstić information content (AvgIpc) is 2.08. The van der Waals surface area contributed by atoms with E-state index in [0.29, 0.717) is 11.0 Å². The molecule has 0 fully saturated rings. The molecule has 60 valence electrons. The maximum absolute atomic E-state index is 11.0. The van der Waals surface area contributed by atoms with E-state index in [9.17, 15) is 4.79 Å². The van der Waals surface area contributed by atoms with E-state index in [2.05, 4.69) is 4.74 Å². The number of methoxy groups -OCH3 is 1. The van der Waals surface area contributed by atoms with Gasteiger partial charge in [0.2, 0.25) is 0 Å². The zero-order chi connectivity index (χ0) is 9.14.